The van der Waals surface area contributed by atoms with E-state index in [9.17, 15) is 0 Å². The lowest BCUT2D eigenvalue weighted by Crippen LogP contribution is -2.59. The van der Waals surface area contributed by atoms with E-state index in [1.54, 1.807) is 0 Å². The number of thioether (sulfide) groups is 1. The summed E-state index contributed by atoms with van der Waals surface area (Å²) in [5.41, 5.74) is 2.54. The number of nitrogens with zero attached hydrogens (tertiary/aromatic N) is 3. The summed E-state index contributed by atoms with van der Waals surface area (Å²) in [5, 5.41) is 2.31. The Kier molecular flexibility index (Phi) is 4.13. The highest BCUT2D eigenvalue weighted by Gasteiger charge is 2.46. The predicted molar refractivity (Wildman–Crippen MR) is 102 cm³/mol. The second kappa shape index (κ2) is 6.13. The van der Waals surface area contributed by atoms with E-state index < -0.39 is 0 Å². The molecule has 3 aliphatic heterocycles. The highest BCUT2D eigenvalue weighted by atomic mass is 79.9. The number of piperazine rings is 1. The van der Waals surface area contributed by atoms with E-state index in [0.29, 0.717) is 0 Å². The number of benzene rings is 1. The molecular formula is C18H20BrN3S. The van der Waals surface area contributed by atoms with Crippen molar-refractivity contribution in [1.29, 1.82) is 0 Å². The average molecular weight is 390 g/mol. The third-order valence-electron chi connectivity index (χ3n) is 4.70. The van der Waals surface area contributed by atoms with E-state index in [0.717, 1.165) is 30.7 Å². The third-order valence-corrected chi connectivity index (χ3v) is 6.51. The van der Waals surface area contributed by atoms with Gasteiger partial charge in [0, 0.05) is 36.9 Å². The fourth-order valence-corrected chi connectivity index (χ4v) is 4.90. The van der Waals surface area contributed by atoms with Crippen LogP contribution in [0.5, 0.6) is 0 Å². The fraction of sp³-hybridized carbons (Fsp3) is 0.333. The van der Waals surface area contributed by atoms with Crippen LogP contribution in [0.25, 0.3) is 5.70 Å². The van der Waals surface area contributed by atoms with E-state index in [1.165, 1.54) is 11.3 Å². The molecule has 1 aromatic rings. The van der Waals surface area contributed by atoms with Gasteiger partial charge in [-0.15, -0.1) is 0 Å². The quantitative estimate of drug-likeness (QED) is 0.760. The molecule has 5 heteroatoms. The number of hydrogen-bond donors (Lipinski definition) is 0. The summed E-state index contributed by atoms with van der Waals surface area (Å²) in [6, 6.07) is 8.59. The molecule has 3 nitrogen and oxygen atoms in total. The Bertz CT molecular complexity index is 674. The van der Waals surface area contributed by atoms with Crippen LogP contribution >= 0.6 is 27.7 Å². The van der Waals surface area contributed by atoms with Crippen LogP contribution in [0.3, 0.4) is 0 Å². The van der Waals surface area contributed by atoms with Crippen LogP contribution in [-0.2, 0) is 0 Å². The van der Waals surface area contributed by atoms with Crippen molar-refractivity contribution in [2.45, 2.75) is 4.99 Å². The molecule has 23 heavy (non-hydrogen) atoms. The van der Waals surface area contributed by atoms with Crippen LogP contribution < -0.4 is 0 Å². The predicted octanol–water partition coefficient (Wildman–Crippen LogP) is 3.78. The van der Waals surface area contributed by atoms with Crippen LogP contribution in [0.4, 0.5) is 0 Å². The zero-order valence-corrected chi connectivity index (χ0v) is 15.6. The van der Waals surface area contributed by atoms with E-state index in [1.807, 2.05) is 11.8 Å². The molecule has 1 atom stereocenters. The summed E-state index contributed by atoms with van der Waals surface area (Å²) >= 11 is 5.44. The van der Waals surface area contributed by atoms with Crippen LogP contribution in [-0.4, -0.2) is 52.9 Å². The summed E-state index contributed by atoms with van der Waals surface area (Å²) < 4.78 is 1.12. The van der Waals surface area contributed by atoms with Gasteiger partial charge in [-0.25, -0.2) is 0 Å². The molecule has 1 aromatic carbocycles. The molecule has 1 fully saturated rings. The van der Waals surface area contributed by atoms with Gasteiger partial charge in [-0.1, -0.05) is 45.9 Å². The lowest BCUT2D eigenvalue weighted by atomic mass is 10.1. The molecule has 0 spiro atoms. The Morgan fingerprint density at radius 3 is 2.52 bits per heavy atom. The Labute approximate surface area is 150 Å². The summed E-state index contributed by atoms with van der Waals surface area (Å²) in [5.74, 6) is 0. The second-order valence-electron chi connectivity index (χ2n) is 6.15. The summed E-state index contributed by atoms with van der Waals surface area (Å²) in [6.45, 7) is 4.45. The molecule has 0 radical (unpaired) electrons. The standard InChI is InChI=1S/C18H20BrN3S/c1-20-10-12-21(13-11-20)18-8-2-3-9-22(18)17(14-23-18)15-4-6-16(19)7-5-15/h2-9,14H,10-13H2,1H3. The molecule has 4 rings (SSSR count). The first kappa shape index (κ1) is 15.5. The van der Waals surface area contributed by atoms with E-state index in [4.69, 9.17) is 0 Å². The molecule has 1 unspecified atom stereocenters. The number of halogens is 1. The van der Waals surface area contributed by atoms with Crippen molar-refractivity contribution in [2.24, 2.45) is 0 Å². The van der Waals surface area contributed by atoms with Gasteiger partial charge in [-0.2, -0.15) is 0 Å². The summed E-state index contributed by atoms with van der Waals surface area (Å²) in [4.78, 5) is 7.33. The Morgan fingerprint density at radius 2 is 1.78 bits per heavy atom. The fourth-order valence-electron chi connectivity index (χ4n) is 3.34. The highest BCUT2D eigenvalue weighted by Crippen LogP contribution is 2.49. The molecule has 0 aromatic heterocycles. The molecular weight excluding hydrogens is 370 g/mol. The molecule has 3 heterocycles. The molecule has 1 saturated heterocycles. The first-order valence-corrected chi connectivity index (χ1v) is 9.59. The van der Waals surface area contributed by atoms with Gasteiger partial charge >= 0.3 is 0 Å². The van der Waals surface area contributed by atoms with E-state index in [-0.39, 0.29) is 4.99 Å². The minimum absolute atomic E-state index is 0.0988. The first-order valence-electron chi connectivity index (χ1n) is 7.92. The summed E-state index contributed by atoms with van der Waals surface area (Å²) in [6.07, 6.45) is 8.87. The van der Waals surface area contributed by atoms with E-state index in [2.05, 4.69) is 91.8 Å². The maximum Gasteiger partial charge on any atom is 0.169 e. The van der Waals surface area contributed by atoms with Gasteiger partial charge in [0.25, 0.3) is 0 Å². The largest absolute Gasteiger partial charge is 0.316 e. The van der Waals surface area contributed by atoms with Crippen LogP contribution in [0, 0.1) is 0 Å². The Morgan fingerprint density at radius 1 is 1.04 bits per heavy atom. The average Bonchev–Trinajstić information content (AvgIpc) is 2.97. The van der Waals surface area contributed by atoms with Gasteiger partial charge in [0.05, 0.1) is 5.70 Å². The Hall–Kier alpha value is -1.01. The topological polar surface area (TPSA) is 9.72 Å². The zero-order valence-electron chi connectivity index (χ0n) is 13.2. The minimum atomic E-state index is -0.0988. The summed E-state index contributed by atoms with van der Waals surface area (Å²) in [7, 11) is 2.21. The maximum atomic E-state index is 3.53. The number of hydrogen-bond acceptors (Lipinski definition) is 4. The van der Waals surface area contributed by atoms with Gasteiger partial charge in [0.2, 0.25) is 0 Å². The number of rotatable bonds is 2. The molecule has 0 aliphatic carbocycles. The zero-order chi connectivity index (χ0) is 15.9. The number of fused-ring (bicyclic) bond motifs is 1. The second-order valence-corrected chi connectivity index (χ2v) is 8.14. The highest BCUT2D eigenvalue weighted by molar-refractivity contribution is 9.10. The third kappa shape index (κ3) is 2.70. The number of allylic oxidation sites excluding steroid dienone is 2. The monoisotopic (exact) mass is 389 g/mol. The van der Waals surface area contributed by atoms with Gasteiger partial charge in [0.15, 0.2) is 4.99 Å². The normalized spacial score (nSPS) is 28.1. The van der Waals surface area contributed by atoms with Crippen molar-refractivity contribution in [2.75, 3.05) is 33.2 Å². The molecule has 0 bridgehead atoms. The first-order chi connectivity index (χ1) is 11.2. The van der Waals surface area contributed by atoms with Crippen molar-refractivity contribution in [3.63, 3.8) is 0 Å². The van der Waals surface area contributed by atoms with Crippen molar-refractivity contribution >= 4 is 33.4 Å². The molecule has 120 valence electrons. The molecule has 0 amide bonds. The van der Waals surface area contributed by atoms with Gasteiger partial charge in [0.1, 0.15) is 0 Å². The number of likely N-dealkylation sites (N-methyl/N-ethyl adjacent to an activating group) is 1. The van der Waals surface area contributed by atoms with Gasteiger partial charge < -0.3 is 9.80 Å². The Balaban J connectivity index is 1.65. The van der Waals surface area contributed by atoms with Gasteiger partial charge in [-0.3, -0.25) is 4.90 Å². The smallest absolute Gasteiger partial charge is 0.169 e. The maximum absolute atomic E-state index is 3.53. The molecule has 0 saturated carbocycles. The SMILES string of the molecule is CN1CCN(C23C=CC=CN2C(c2ccc(Br)cc2)=CS3)CC1. The molecule has 3 aliphatic rings. The lowest BCUT2D eigenvalue weighted by Gasteiger charge is -2.48. The van der Waals surface area contributed by atoms with Crippen molar-refractivity contribution in [3.8, 4) is 0 Å². The van der Waals surface area contributed by atoms with Crippen LogP contribution in [0.15, 0.2) is 58.6 Å². The molecule has 0 N–H and O–H groups in total. The lowest BCUT2D eigenvalue weighted by molar-refractivity contribution is 0.0674. The van der Waals surface area contributed by atoms with Gasteiger partial charge in [-0.05, 0) is 42.3 Å². The van der Waals surface area contributed by atoms with Crippen LogP contribution in [0.1, 0.15) is 5.56 Å². The van der Waals surface area contributed by atoms with Crippen LogP contribution in [0.2, 0.25) is 0 Å². The van der Waals surface area contributed by atoms with Crippen molar-refractivity contribution in [3.05, 3.63) is 64.1 Å². The van der Waals surface area contributed by atoms with Crippen molar-refractivity contribution in [1.82, 2.24) is 14.7 Å². The van der Waals surface area contributed by atoms with Crippen molar-refractivity contribution < 1.29 is 0 Å². The minimum Gasteiger partial charge on any atom is -0.316 e. The van der Waals surface area contributed by atoms with E-state index >= 15 is 0 Å².